The number of hydrogen-bond acceptors (Lipinski definition) is 7. The smallest absolute Gasteiger partial charge is 0.268 e. The van der Waals surface area contributed by atoms with Gasteiger partial charge in [0.1, 0.15) is 16.5 Å². The summed E-state index contributed by atoms with van der Waals surface area (Å²) in [5, 5.41) is 25.3. The fourth-order valence-corrected chi connectivity index (χ4v) is 6.64. The van der Waals surface area contributed by atoms with Gasteiger partial charge in [-0.3, -0.25) is 14.2 Å². The molecule has 0 saturated carbocycles. The summed E-state index contributed by atoms with van der Waals surface area (Å²) in [5.41, 5.74) is 2.53. The largest absolute Gasteiger partial charge is 0.548 e. The van der Waals surface area contributed by atoms with Crippen molar-refractivity contribution in [3.63, 3.8) is 0 Å². The zero-order valence-electron chi connectivity index (χ0n) is 24.3. The highest BCUT2D eigenvalue weighted by molar-refractivity contribution is 7.15. The van der Waals surface area contributed by atoms with Crippen LogP contribution in [0.1, 0.15) is 82.1 Å². The van der Waals surface area contributed by atoms with Crippen LogP contribution in [-0.2, 0) is 30.7 Å². The Morgan fingerprint density at radius 3 is 2.40 bits per heavy atom. The van der Waals surface area contributed by atoms with Gasteiger partial charge in [0.05, 0.1) is 29.6 Å². The van der Waals surface area contributed by atoms with Crippen molar-refractivity contribution in [3.05, 3.63) is 98.5 Å². The number of rotatable bonds is 11. The number of nitrogens with one attached hydrogen (secondary N) is 1. The van der Waals surface area contributed by atoms with E-state index < -0.39 is 18.4 Å². The van der Waals surface area contributed by atoms with Crippen molar-refractivity contribution in [2.75, 3.05) is 0 Å². The second kappa shape index (κ2) is 12.5. The molecule has 1 amide bonds. The summed E-state index contributed by atoms with van der Waals surface area (Å²) >= 11 is 7.87. The van der Waals surface area contributed by atoms with E-state index in [0.717, 1.165) is 22.2 Å². The number of ketones is 1. The van der Waals surface area contributed by atoms with Gasteiger partial charge in [-0.05, 0) is 42.7 Å². The van der Waals surface area contributed by atoms with E-state index in [2.05, 4.69) is 15.5 Å². The lowest BCUT2D eigenvalue weighted by Gasteiger charge is -2.15. The standard InChI is InChI=1S/C32H32ClN5O4S/c1-5-19-15-23(29(41)22-12-7-9-13-24(22)33)32(43-19)38-26(35-36-30(38)18(3)4)16-34-31(42)28-20(6-2)21-11-8-10-14-25(21)37(28)17-27(39)40/h7-15,18H,5-6,16-17H2,1-4H3,(H,34,42)(H,39,40)/p-1. The molecule has 0 atom stereocenters. The third-order valence-electron chi connectivity index (χ3n) is 7.29. The highest BCUT2D eigenvalue weighted by Crippen LogP contribution is 2.34. The quantitative estimate of drug-likeness (QED) is 0.206. The monoisotopic (exact) mass is 616 g/mol. The van der Waals surface area contributed by atoms with Crippen molar-refractivity contribution in [2.24, 2.45) is 0 Å². The third-order valence-corrected chi connectivity index (χ3v) is 8.88. The van der Waals surface area contributed by atoms with Crippen molar-refractivity contribution in [1.29, 1.82) is 0 Å². The van der Waals surface area contributed by atoms with Crippen LogP contribution in [0.5, 0.6) is 0 Å². The van der Waals surface area contributed by atoms with E-state index in [1.54, 1.807) is 36.4 Å². The molecule has 3 aromatic heterocycles. The van der Waals surface area contributed by atoms with E-state index in [9.17, 15) is 19.5 Å². The van der Waals surface area contributed by atoms with Gasteiger partial charge in [-0.25, -0.2) is 0 Å². The van der Waals surface area contributed by atoms with Crippen LogP contribution in [0.3, 0.4) is 0 Å². The molecule has 3 heterocycles. The lowest BCUT2D eigenvalue weighted by Crippen LogP contribution is -2.32. The average molecular weight is 617 g/mol. The fraction of sp³-hybridized carbons (Fsp3) is 0.281. The molecule has 0 saturated heterocycles. The molecule has 5 aromatic rings. The van der Waals surface area contributed by atoms with Crippen LogP contribution in [-0.4, -0.2) is 37.0 Å². The molecule has 0 bridgehead atoms. The van der Waals surface area contributed by atoms with Crippen molar-refractivity contribution in [2.45, 2.75) is 59.5 Å². The molecule has 0 aliphatic rings. The molecular weight excluding hydrogens is 586 g/mol. The van der Waals surface area contributed by atoms with Gasteiger partial charge in [-0.15, -0.1) is 21.5 Å². The number of aryl methyl sites for hydroxylation is 2. The molecule has 0 fully saturated rings. The maximum absolute atomic E-state index is 13.8. The molecule has 5 rings (SSSR count). The second-order valence-electron chi connectivity index (χ2n) is 10.4. The van der Waals surface area contributed by atoms with Gasteiger partial charge < -0.3 is 19.8 Å². The maximum Gasteiger partial charge on any atom is 0.268 e. The van der Waals surface area contributed by atoms with Crippen LogP contribution in [0, 0.1) is 0 Å². The number of nitrogens with zero attached hydrogens (tertiary/aromatic N) is 4. The molecular formula is C32H31ClN5O4S-. The number of aliphatic carboxylic acids is 1. The number of aromatic nitrogens is 4. The number of fused-ring (bicyclic) bond motifs is 1. The Hall–Kier alpha value is -4.28. The molecule has 2 aromatic carbocycles. The number of amides is 1. The molecule has 222 valence electrons. The van der Waals surface area contributed by atoms with Crippen molar-refractivity contribution in [1.82, 2.24) is 24.6 Å². The predicted octanol–water partition coefficient (Wildman–Crippen LogP) is 5.10. The SMILES string of the molecule is CCc1cc(C(=O)c2ccccc2Cl)c(-n2c(CNC(=O)c3c(CC)c4ccccc4n3CC(=O)[O-])nnc2C(C)C)s1. The average Bonchev–Trinajstić information content (AvgIpc) is 3.69. The number of halogens is 1. The Kier molecular flexibility index (Phi) is 8.79. The topological polar surface area (TPSA) is 122 Å². The second-order valence-corrected chi connectivity index (χ2v) is 11.9. The lowest BCUT2D eigenvalue weighted by atomic mass is 10.0. The molecule has 9 nitrogen and oxygen atoms in total. The minimum absolute atomic E-state index is 0.00631. The minimum atomic E-state index is -1.29. The Labute approximate surface area is 258 Å². The zero-order chi connectivity index (χ0) is 30.8. The Balaban J connectivity index is 1.56. The number of thiophene rings is 1. The van der Waals surface area contributed by atoms with E-state index >= 15 is 0 Å². The highest BCUT2D eigenvalue weighted by atomic mass is 35.5. The molecule has 0 aliphatic heterocycles. The lowest BCUT2D eigenvalue weighted by molar-refractivity contribution is -0.306. The first-order valence-corrected chi connectivity index (χ1v) is 15.3. The van der Waals surface area contributed by atoms with Gasteiger partial charge in [0.2, 0.25) is 0 Å². The summed E-state index contributed by atoms with van der Waals surface area (Å²) in [7, 11) is 0. The number of hydrogen-bond donors (Lipinski definition) is 1. The molecule has 1 N–H and O–H groups in total. The number of carbonyl (C=O) groups is 3. The third kappa shape index (κ3) is 5.72. The van der Waals surface area contributed by atoms with E-state index in [4.69, 9.17) is 11.6 Å². The van der Waals surface area contributed by atoms with Crippen LogP contribution in [0.15, 0.2) is 54.6 Å². The first-order valence-electron chi connectivity index (χ1n) is 14.1. The van der Waals surface area contributed by atoms with E-state index in [1.165, 1.54) is 15.9 Å². The van der Waals surface area contributed by atoms with Crippen molar-refractivity contribution in [3.8, 4) is 5.00 Å². The molecule has 0 aliphatic carbocycles. The normalized spacial score (nSPS) is 11.4. The van der Waals surface area contributed by atoms with Crippen LogP contribution in [0.4, 0.5) is 0 Å². The minimum Gasteiger partial charge on any atom is -0.548 e. The Morgan fingerprint density at radius 1 is 1.00 bits per heavy atom. The van der Waals surface area contributed by atoms with E-state index in [0.29, 0.717) is 44.7 Å². The molecule has 0 spiro atoms. The summed E-state index contributed by atoms with van der Waals surface area (Å²) in [5.74, 6) is -0.904. The summed E-state index contributed by atoms with van der Waals surface area (Å²) < 4.78 is 3.33. The van der Waals surface area contributed by atoms with Gasteiger partial charge in [0.25, 0.3) is 5.91 Å². The predicted molar refractivity (Wildman–Crippen MR) is 165 cm³/mol. The van der Waals surface area contributed by atoms with Gasteiger partial charge in [0.15, 0.2) is 11.6 Å². The summed E-state index contributed by atoms with van der Waals surface area (Å²) in [6, 6.07) is 16.1. The fourth-order valence-electron chi connectivity index (χ4n) is 5.29. The van der Waals surface area contributed by atoms with Crippen LogP contribution < -0.4 is 10.4 Å². The first kappa shape index (κ1) is 30.2. The van der Waals surface area contributed by atoms with Crippen LogP contribution >= 0.6 is 22.9 Å². The Morgan fingerprint density at radius 2 is 1.72 bits per heavy atom. The molecule has 0 unspecified atom stereocenters. The Bertz CT molecular complexity index is 1850. The van der Waals surface area contributed by atoms with Gasteiger partial charge in [-0.1, -0.05) is 69.6 Å². The van der Waals surface area contributed by atoms with E-state index in [1.807, 2.05) is 50.5 Å². The van der Waals surface area contributed by atoms with Crippen LogP contribution in [0.25, 0.3) is 15.9 Å². The first-order chi connectivity index (χ1) is 20.7. The zero-order valence-corrected chi connectivity index (χ0v) is 25.9. The summed E-state index contributed by atoms with van der Waals surface area (Å²) in [4.78, 5) is 40.2. The number of carboxylic acid groups (broad SMARTS) is 1. The summed E-state index contributed by atoms with van der Waals surface area (Å²) in [6.45, 7) is 7.45. The van der Waals surface area contributed by atoms with Crippen LogP contribution in [0.2, 0.25) is 5.02 Å². The highest BCUT2D eigenvalue weighted by Gasteiger charge is 2.27. The van der Waals surface area contributed by atoms with Crippen molar-refractivity contribution < 1.29 is 19.5 Å². The van der Waals surface area contributed by atoms with Gasteiger partial charge in [-0.2, -0.15) is 0 Å². The molecule has 0 radical (unpaired) electrons. The number of para-hydroxylation sites is 1. The number of benzene rings is 2. The number of carboxylic acids is 1. The van der Waals surface area contributed by atoms with Gasteiger partial charge in [0, 0.05) is 27.3 Å². The van der Waals surface area contributed by atoms with E-state index in [-0.39, 0.29) is 23.9 Å². The number of carbonyl (C=O) groups excluding carboxylic acids is 3. The van der Waals surface area contributed by atoms with Crippen molar-refractivity contribution >= 4 is 51.5 Å². The summed E-state index contributed by atoms with van der Waals surface area (Å²) in [6.07, 6.45) is 1.25. The molecule has 11 heteroatoms. The van der Waals surface area contributed by atoms with Gasteiger partial charge >= 0.3 is 0 Å². The molecule has 43 heavy (non-hydrogen) atoms. The maximum atomic E-state index is 13.8.